The average Bonchev–Trinajstić information content (AvgIpc) is 3.26. The third kappa shape index (κ3) is 5.10. The van der Waals surface area contributed by atoms with Gasteiger partial charge in [0, 0.05) is 17.7 Å². The van der Waals surface area contributed by atoms with Crippen LogP contribution in [0.25, 0.3) is 33.6 Å². The van der Waals surface area contributed by atoms with Crippen LogP contribution in [0.2, 0.25) is 0 Å². The predicted octanol–water partition coefficient (Wildman–Crippen LogP) is 7.61. The molecule has 198 valence electrons. The molecule has 8 heteroatoms. The van der Waals surface area contributed by atoms with Crippen molar-refractivity contribution in [3.8, 4) is 22.5 Å². The number of hydrogen-bond acceptors (Lipinski definition) is 7. The summed E-state index contributed by atoms with van der Waals surface area (Å²) in [4.78, 5) is 22.0. The first-order valence-electron chi connectivity index (χ1n) is 13.0. The number of furan rings is 1. The van der Waals surface area contributed by atoms with Gasteiger partial charge in [-0.2, -0.15) is 4.98 Å². The Morgan fingerprint density at radius 2 is 1.76 bits per heavy atom. The van der Waals surface area contributed by atoms with Gasteiger partial charge in [-0.25, -0.2) is 9.78 Å². The van der Waals surface area contributed by atoms with Crippen molar-refractivity contribution in [2.75, 3.05) is 18.1 Å². The molecular weight excluding hydrogens is 496 g/mol. The SMILES string of the molecule is CCNc1nc(SC)nc2oc(-c3ccc(C4(NC(=O)OC(C)(C)C)CCC4)cc3)c(-c3ccccc3)c12. The highest BCUT2D eigenvalue weighted by molar-refractivity contribution is 7.98. The summed E-state index contributed by atoms with van der Waals surface area (Å²) in [5.41, 5.74) is 3.60. The average molecular weight is 531 g/mol. The van der Waals surface area contributed by atoms with Gasteiger partial charge in [0.1, 0.15) is 17.2 Å². The quantitative estimate of drug-likeness (QED) is 0.188. The minimum atomic E-state index is -0.543. The number of fused-ring (bicyclic) bond motifs is 1. The van der Waals surface area contributed by atoms with Crippen LogP contribution in [-0.2, 0) is 10.3 Å². The van der Waals surface area contributed by atoms with E-state index in [0.29, 0.717) is 10.9 Å². The zero-order valence-corrected chi connectivity index (χ0v) is 23.4. The predicted molar refractivity (Wildman–Crippen MR) is 154 cm³/mol. The first-order chi connectivity index (χ1) is 18.2. The zero-order valence-electron chi connectivity index (χ0n) is 22.6. The number of nitrogens with zero attached hydrogens (tertiary/aromatic N) is 2. The number of nitrogens with one attached hydrogen (secondary N) is 2. The zero-order chi connectivity index (χ0) is 26.9. The number of amides is 1. The Bertz CT molecular complexity index is 1440. The lowest BCUT2D eigenvalue weighted by Crippen LogP contribution is -2.52. The van der Waals surface area contributed by atoms with Gasteiger partial charge in [0.15, 0.2) is 5.16 Å². The maximum absolute atomic E-state index is 12.6. The van der Waals surface area contributed by atoms with Crippen LogP contribution in [0, 0.1) is 0 Å². The second kappa shape index (κ2) is 10.3. The molecule has 0 saturated heterocycles. The molecule has 0 spiro atoms. The van der Waals surface area contributed by atoms with Gasteiger partial charge >= 0.3 is 6.09 Å². The molecule has 38 heavy (non-hydrogen) atoms. The number of carbonyl (C=O) groups excluding carboxylic acids is 1. The molecule has 1 aliphatic carbocycles. The summed E-state index contributed by atoms with van der Waals surface area (Å²) < 4.78 is 12.0. The Morgan fingerprint density at radius 3 is 2.34 bits per heavy atom. The highest BCUT2D eigenvalue weighted by atomic mass is 32.2. The van der Waals surface area contributed by atoms with E-state index >= 15 is 0 Å². The lowest BCUT2D eigenvalue weighted by atomic mass is 9.71. The minimum absolute atomic E-state index is 0.385. The Labute approximate surface area is 227 Å². The number of anilines is 1. The smallest absolute Gasteiger partial charge is 0.408 e. The fraction of sp³-hybridized carbons (Fsp3) is 0.367. The van der Waals surface area contributed by atoms with Crippen molar-refractivity contribution in [2.45, 2.75) is 63.3 Å². The lowest BCUT2D eigenvalue weighted by Gasteiger charge is -2.43. The van der Waals surface area contributed by atoms with Crippen molar-refractivity contribution >= 4 is 34.8 Å². The van der Waals surface area contributed by atoms with Crippen molar-refractivity contribution in [2.24, 2.45) is 0 Å². The van der Waals surface area contributed by atoms with Gasteiger partial charge in [-0.15, -0.1) is 0 Å². The van der Waals surface area contributed by atoms with E-state index in [4.69, 9.17) is 19.1 Å². The highest BCUT2D eigenvalue weighted by Crippen LogP contribution is 2.45. The Morgan fingerprint density at radius 1 is 1.05 bits per heavy atom. The van der Waals surface area contributed by atoms with E-state index in [2.05, 4.69) is 54.0 Å². The normalized spacial score (nSPS) is 14.7. The van der Waals surface area contributed by atoms with Crippen LogP contribution in [0.5, 0.6) is 0 Å². The summed E-state index contributed by atoms with van der Waals surface area (Å²) >= 11 is 1.49. The molecule has 0 atom stereocenters. The molecular formula is C30H34N4O3S. The molecule has 1 amide bonds. The number of hydrogen-bond donors (Lipinski definition) is 2. The van der Waals surface area contributed by atoms with E-state index in [1.54, 1.807) is 0 Å². The summed E-state index contributed by atoms with van der Waals surface area (Å²) in [5.74, 6) is 1.51. The molecule has 1 saturated carbocycles. The van der Waals surface area contributed by atoms with Crippen LogP contribution < -0.4 is 10.6 Å². The van der Waals surface area contributed by atoms with Crippen LogP contribution >= 0.6 is 11.8 Å². The molecule has 2 aromatic carbocycles. The maximum Gasteiger partial charge on any atom is 0.408 e. The van der Waals surface area contributed by atoms with E-state index < -0.39 is 11.1 Å². The number of carbonyl (C=O) groups is 1. The first kappa shape index (κ1) is 26.1. The second-order valence-electron chi connectivity index (χ2n) is 10.6. The molecule has 0 radical (unpaired) electrons. The Kier molecular flexibility index (Phi) is 7.09. The van der Waals surface area contributed by atoms with Gasteiger partial charge in [-0.1, -0.05) is 66.4 Å². The van der Waals surface area contributed by atoms with E-state index in [1.165, 1.54) is 11.8 Å². The summed E-state index contributed by atoms with van der Waals surface area (Å²) in [6, 6.07) is 18.5. The summed E-state index contributed by atoms with van der Waals surface area (Å²) in [5, 5.41) is 8.07. The van der Waals surface area contributed by atoms with Crippen molar-refractivity contribution in [1.82, 2.24) is 15.3 Å². The van der Waals surface area contributed by atoms with Gasteiger partial charge < -0.3 is 19.8 Å². The number of aromatic nitrogens is 2. The Balaban J connectivity index is 1.58. The van der Waals surface area contributed by atoms with Crippen molar-refractivity contribution < 1.29 is 13.9 Å². The van der Waals surface area contributed by atoms with Crippen LogP contribution in [-0.4, -0.2) is 34.5 Å². The van der Waals surface area contributed by atoms with Crippen LogP contribution in [0.3, 0.4) is 0 Å². The minimum Gasteiger partial charge on any atom is -0.444 e. The number of benzene rings is 2. The largest absolute Gasteiger partial charge is 0.444 e. The monoisotopic (exact) mass is 530 g/mol. The Hall–Kier alpha value is -3.52. The number of rotatable bonds is 7. The number of thioether (sulfide) groups is 1. The molecule has 2 N–H and O–H groups in total. The molecule has 1 aliphatic rings. The van der Waals surface area contributed by atoms with Gasteiger partial charge in [0.2, 0.25) is 5.71 Å². The van der Waals surface area contributed by atoms with E-state index in [9.17, 15) is 4.79 Å². The molecule has 1 fully saturated rings. The van der Waals surface area contributed by atoms with E-state index in [1.807, 2.05) is 45.2 Å². The van der Waals surface area contributed by atoms with Gasteiger partial charge in [-0.3, -0.25) is 0 Å². The standard InChI is InChI=1S/C30H34N4O3S/c1-6-31-25-23-22(19-11-8-7-9-12-19)24(36-26(23)33-27(32-25)38-5)20-13-15-21(16-14-20)30(17-10-18-30)34-28(35)37-29(2,3)4/h7-9,11-16H,6,10,17-18H2,1-5H3,(H,34,35)(H,31,32,33). The second-order valence-corrected chi connectivity index (χ2v) is 11.4. The van der Waals surface area contributed by atoms with Crippen molar-refractivity contribution in [1.29, 1.82) is 0 Å². The van der Waals surface area contributed by atoms with Crippen molar-refractivity contribution in [3.63, 3.8) is 0 Å². The maximum atomic E-state index is 12.6. The van der Waals surface area contributed by atoms with Crippen LogP contribution in [0.4, 0.5) is 10.6 Å². The van der Waals surface area contributed by atoms with Crippen LogP contribution in [0.1, 0.15) is 52.5 Å². The molecule has 0 bridgehead atoms. The highest BCUT2D eigenvalue weighted by Gasteiger charge is 2.41. The third-order valence-corrected chi connectivity index (χ3v) is 7.32. The summed E-state index contributed by atoms with van der Waals surface area (Å²) in [7, 11) is 0. The molecule has 2 aromatic heterocycles. The fourth-order valence-electron chi connectivity index (χ4n) is 4.91. The number of alkyl carbamates (subject to hydrolysis) is 1. The van der Waals surface area contributed by atoms with Gasteiger partial charge in [0.25, 0.3) is 0 Å². The molecule has 4 aromatic rings. The van der Waals surface area contributed by atoms with E-state index in [0.717, 1.165) is 65.0 Å². The van der Waals surface area contributed by atoms with Crippen LogP contribution in [0.15, 0.2) is 64.2 Å². The molecule has 2 heterocycles. The first-order valence-corrected chi connectivity index (χ1v) is 14.3. The van der Waals surface area contributed by atoms with Crippen molar-refractivity contribution in [3.05, 3.63) is 60.2 Å². The molecule has 0 aliphatic heterocycles. The lowest BCUT2D eigenvalue weighted by molar-refractivity contribution is 0.0377. The van der Waals surface area contributed by atoms with Gasteiger partial charge in [0.05, 0.1) is 10.9 Å². The number of ether oxygens (including phenoxy) is 1. The molecule has 0 unspecified atom stereocenters. The fourth-order valence-corrected chi connectivity index (χ4v) is 5.26. The summed E-state index contributed by atoms with van der Waals surface area (Å²) in [6.45, 7) is 8.41. The summed E-state index contributed by atoms with van der Waals surface area (Å²) in [6.07, 6.45) is 4.39. The molecule has 5 rings (SSSR count). The topological polar surface area (TPSA) is 89.3 Å². The third-order valence-electron chi connectivity index (χ3n) is 6.77. The van der Waals surface area contributed by atoms with E-state index in [-0.39, 0.29) is 6.09 Å². The molecule has 7 nitrogen and oxygen atoms in total. The van der Waals surface area contributed by atoms with Gasteiger partial charge in [-0.05, 0) is 64.3 Å².